The van der Waals surface area contributed by atoms with Crippen LogP contribution in [0.25, 0.3) is 0 Å². The van der Waals surface area contributed by atoms with Gasteiger partial charge in [-0.15, -0.1) is 0 Å². The van der Waals surface area contributed by atoms with Crippen LogP contribution in [-0.2, 0) is 10.2 Å². The SMILES string of the molecule is ClC(Cl)(Cl)c1ccccc1Cc1ccccc1. The Bertz CT molecular complexity index is 486. The molecule has 0 N–H and O–H groups in total. The van der Waals surface area contributed by atoms with Crippen LogP contribution in [0.5, 0.6) is 0 Å². The summed E-state index contributed by atoms with van der Waals surface area (Å²) in [6.45, 7) is 0. The van der Waals surface area contributed by atoms with Crippen molar-refractivity contribution in [3.05, 3.63) is 71.3 Å². The van der Waals surface area contributed by atoms with Gasteiger partial charge in [-0.05, 0) is 17.5 Å². The lowest BCUT2D eigenvalue weighted by atomic mass is 10.0. The van der Waals surface area contributed by atoms with Gasteiger partial charge in [-0.3, -0.25) is 0 Å². The van der Waals surface area contributed by atoms with Gasteiger partial charge in [-0.1, -0.05) is 89.4 Å². The molecule has 0 unspecified atom stereocenters. The van der Waals surface area contributed by atoms with Crippen molar-refractivity contribution in [2.45, 2.75) is 10.2 Å². The van der Waals surface area contributed by atoms with Gasteiger partial charge in [0.2, 0.25) is 3.79 Å². The first-order valence-corrected chi connectivity index (χ1v) is 6.40. The van der Waals surface area contributed by atoms with Gasteiger partial charge in [0, 0.05) is 5.56 Å². The van der Waals surface area contributed by atoms with E-state index in [4.69, 9.17) is 34.8 Å². The quantitative estimate of drug-likeness (QED) is 0.673. The molecular formula is C14H11Cl3. The van der Waals surface area contributed by atoms with Crippen molar-refractivity contribution < 1.29 is 0 Å². The van der Waals surface area contributed by atoms with Crippen molar-refractivity contribution >= 4 is 34.8 Å². The Morgan fingerprint density at radius 3 is 2.00 bits per heavy atom. The highest BCUT2D eigenvalue weighted by atomic mass is 35.6. The van der Waals surface area contributed by atoms with Crippen LogP contribution >= 0.6 is 34.8 Å². The van der Waals surface area contributed by atoms with Crippen LogP contribution in [0.3, 0.4) is 0 Å². The Hall–Kier alpha value is -0.690. The molecule has 0 saturated carbocycles. The molecule has 0 aromatic heterocycles. The van der Waals surface area contributed by atoms with Crippen LogP contribution < -0.4 is 0 Å². The maximum absolute atomic E-state index is 5.96. The fraction of sp³-hybridized carbons (Fsp3) is 0.143. The predicted octanol–water partition coefficient (Wildman–Crippen LogP) is 5.10. The molecule has 0 nitrogen and oxygen atoms in total. The van der Waals surface area contributed by atoms with Crippen LogP contribution in [-0.4, -0.2) is 0 Å². The maximum Gasteiger partial charge on any atom is 0.216 e. The van der Waals surface area contributed by atoms with E-state index in [1.165, 1.54) is 5.56 Å². The molecule has 0 bridgehead atoms. The molecule has 0 aliphatic carbocycles. The summed E-state index contributed by atoms with van der Waals surface area (Å²) in [5.41, 5.74) is 2.99. The molecule has 0 spiro atoms. The Kier molecular flexibility index (Phi) is 3.98. The molecule has 0 amide bonds. The van der Waals surface area contributed by atoms with Gasteiger partial charge in [-0.2, -0.15) is 0 Å². The molecule has 0 aliphatic heterocycles. The normalized spacial score (nSPS) is 11.5. The van der Waals surface area contributed by atoms with E-state index in [1.807, 2.05) is 42.5 Å². The van der Waals surface area contributed by atoms with E-state index < -0.39 is 3.79 Å². The fourth-order valence-electron chi connectivity index (χ4n) is 1.77. The Balaban J connectivity index is 2.34. The lowest BCUT2D eigenvalue weighted by Crippen LogP contribution is -2.05. The summed E-state index contributed by atoms with van der Waals surface area (Å²) in [7, 11) is 0. The van der Waals surface area contributed by atoms with E-state index in [9.17, 15) is 0 Å². The van der Waals surface area contributed by atoms with Crippen molar-refractivity contribution in [2.24, 2.45) is 0 Å². The second kappa shape index (κ2) is 5.30. The molecule has 2 aromatic carbocycles. The van der Waals surface area contributed by atoms with E-state index >= 15 is 0 Å². The summed E-state index contributed by atoms with van der Waals surface area (Å²) in [6, 6.07) is 17.8. The standard InChI is InChI=1S/C14H11Cl3/c15-14(16,17)13-9-5-4-8-12(13)10-11-6-2-1-3-7-11/h1-9H,10H2. The molecule has 88 valence electrons. The average molecular weight is 286 g/mol. The van der Waals surface area contributed by atoms with Crippen LogP contribution in [0, 0.1) is 0 Å². The zero-order valence-electron chi connectivity index (χ0n) is 9.04. The number of hydrogen-bond acceptors (Lipinski definition) is 0. The lowest BCUT2D eigenvalue weighted by molar-refractivity contribution is 1.10. The Morgan fingerprint density at radius 1 is 0.765 bits per heavy atom. The predicted molar refractivity (Wildman–Crippen MR) is 74.9 cm³/mol. The van der Waals surface area contributed by atoms with Crippen LogP contribution in [0.1, 0.15) is 16.7 Å². The summed E-state index contributed by atoms with van der Waals surface area (Å²) in [5, 5.41) is 0. The summed E-state index contributed by atoms with van der Waals surface area (Å²) < 4.78 is -1.37. The monoisotopic (exact) mass is 284 g/mol. The minimum Gasteiger partial charge on any atom is -0.0784 e. The average Bonchev–Trinajstić information content (AvgIpc) is 2.30. The molecule has 0 saturated heterocycles. The third-order valence-electron chi connectivity index (χ3n) is 2.56. The number of hydrogen-bond donors (Lipinski definition) is 0. The molecule has 2 aromatic rings. The largest absolute Gasteiger partial charge is 0.216 e. The van der Waals surface area contributed by atoms with Gasteiger partial charge < -0.3 is 0 Å². The van der Waals surface area contributed by atoms with E-state index in [0.29, 0.717) is 0 Å². The highest BCUT2D eigenvalue weighted by Crippen LogP contribution is 2.40. The maximum atomic E-state index is 5.96. The topological polar surface area (TPSA) is 0 Å². The van der Waals surface area contributed by atoms with E-state index in [-0.39, 0.29) is 0 Å². The summed E-state index contributed by atoms with van der Waals surface area (Å²) in [4.78, 5) is 0. The van der Waals surface area contributed by atoms with Crippen molar-refractivity contribution in [2.75, 3.05) is 0 Å². The third-order valence-corrected chi connectivity index (χ3v) is 3.17. The zero-order chi connectivity index (χ0) is 12.3. The molecular weight excluding hydrogens is 275 g/mol. The van der Waals surface area contributed by atoms with E-state index in [1.54, 1.807) is 0 Å². The minimum atomic E-state index is -1.37. The Labute approximate surface area is 116 Å². The van der Waals surface area contributed by atoms with Crippen molar-refractivity contribution in [1.82, 2.24) is 0 Å². The zero-order valence-corrected chi connectivity index (χ0v) is 11.3. The number of halogens is 3. The second-order valence-corrected chi connectivity index (χ2v) is 6.10. The number of alkyl halides is 3. The summed E-state index contributed by atoms with van der Waals surface area (Å²) >= 11 is 17.9. The third kappa shape index (κ3) is 3.38. The number of rotatable bonds is 2. The van der Waals surface area contributed by atoms with Gasteiger partial charge in [0.25, 0.3) is 0 Å². The van der Waals surface area contributed by atoms with E-state index in [2.05, 4.69) is 12.1 Å². The smallest absolute Gasteiger partial charge is 0.0784 e. The summed E-state index contributed by atoms with van der Waals surface area (Å²) in [5.74, 6) is 0. The van der Waals surface area contributed by atoms with Gasteiger partial charge >= 0.3 is 0 Å². The van der Waals surface area contributed by atoms with Crippen molar-refractivity contribution in [3.63, 3.8) is 0 Å². The fourth-order valence-corrected chi connectivity index (χ4v) is 2.32. The molecule has 0 aliphatic rings. The number of benzene rings is 2. The Morgan fingerprint density at radius 2 is 1.35 bits per heavy atom. The molecule has 17 heavy (non-hydrogen) atoms. The molecule has 3 heteroatoms. The highest BCUT2D eigenvalue weighted by Gasteiger charge is 2.25. The van der Waals surface area contributed by atoms with E-state index in [0.717, 1.165) is 17.5 Å². The molecule has 0 heterocycles. The van der Waals surface area contributed by atoms with Crippen molar-refractivity contribution in [1.29, 1.82) is 0 Å². The molecule has 2 rings (SSSR count). The van der Waals surface area contributed by atoms with Crippen LogP contribution in [0.4, 0.5) is 0 Å². The van der Waals surface area contributed by atoms with Gasteiger partial charge in [-0.25, -0.2) is 0 Å². The first-order chi connectivity index (χ1) is 8.07. The van der Waals surface area contributed by atoms with Gasteiger partial charge in [0.15, 0.2) is 0 Å². The minimum absolute atomic E-state index is 0.744. The van der Waals surface area contributed by atoms with Crippen molar-refractivity contribution in [3.8, 4) is 0 Å². The second-order valence-electron chi connectivity index (χ2n) is 3.82. The van der Waals surface area contributed by atoms with Crippen LogP contribution in [0.2, 0.25) is 0 Å². The molecule has 0 fully saturated rings. The first kappa shape index (κ1) is 12.8. The first-order valence-electron chi connectivity index (χ1n) is 5.26. The highest BCUT2D eigenvalue weighted by molar-refractivity contribution is 6.66. The molecule has 0 atom stereocenters. The molecule has 0 radical (unpaired) electrons. The van der Waals surface area contributed by atoms with Gasteiger partial charge in [0.05, 0.1) is 0 Å². The lowest BCUT2D eigenvalue weighted by Gasteiger charge is -2.16. The van der Waals surface area contributed by atoms with Gasteiger partial charge in [0.1, 0.15) is 0 Å². The van der Waals surface area contributed by atoms with Crippen LogP contribution in [0.15, 0.2) is 54.6 Å². The summed E-state index contributed by atoms with van der Waals surface area (Å²) in [6.07, 6.45) is 0.769.